The van der Waals surface area contributed by atoms with Crippen molar-refractivity contribution >= 4 is 39.5 Å². The quantitative estimate of drug-likeness (QED) is 0.0169. The first-order valence-corrected chi connectivity index (χ1v) is 45.2. The van der Waals surface area contributed by atoms with Crippen molar-refractivity contribution in [3.8, 4) is 0 Å². The van der Waals surface area contributed by atoms with Gasteiger partial charge in [-0.15, -0.1) is 0 Å². The number of allylic oxidation sites excluding steroid dienone is 12. The van der Waals surface area contributed by atoms with Gasteiger partial charge in [-0.1, -0.05) is 338 Å². The normalized spacial score (nSPS) is 14.2. The molecule has 0 heterocycles. The summed E-state index contributed by atoms with van der Waals surface area (Å²) in [6.45, 7) is 4.84. The highest BCUT2D eigenvalue weighted by Gasteiger charge is 2.30. The average Bonchev–Trinajstić information content (AvgIpc) is 0.937. The second-order valence-corrected chi connectivity index (χ2v) is 31.3. The minimum atomic E-state index is -4.99. The van der Waals surface area contributed by atoms with E-state index < -0.39 is 97.5 Å². The van der Waals surface area contributed by atoms with Gasteiger partial charge in [0.2, 0.25) is 0 Å². The van der Waals surface area contributed by atoms with Crippen molar-refractivity contribution in [1.82, 2.24) is 0 Å². The fourth-order valence-electron chi connectivity index (χ4n) is 11.7. The van der Waals surface area contributed by atoms with E-state index in [4.69, 9.17) is 37.0 Å². The number of hydrogen-bond acceptors (Lipinski definition) is 15. The number of aliphatic hydroxyl groups is 1. The van der Waals surface area contributed by atoms with Gasteiger partial charge in [-0.2, -0.15) is 0 Å². The molecule has 0 saturated carbocycles. The van der Waals surface area contributed by atoms with Crippen LogP contribution in [0.25, 0.3) is 0 Å². The maximum atomic E-state index is 13.1. The molecule has 0 fully saturated rings. The van der Waals surface area contributed by atoms with Crippen LogP contribution in [0.15, 0.2) is 72.9 Å². The third-order valence-electron chi connectivity index (χ3n) is 18.2. The summed E-state index contributed by atoms with van der Waals surface area (Å²) in [5.74, 6) is -2.22. The van der Waals surface area contributed by atoms with E-state index in [1.165, 1.54) is 186 Å². The van der Waals surface area contributed by atoms with Crippen LogP contribution in [0.3, 0.4) is 0 Å². The lowest BCUT2D eigenvalue weighted by molar-refractivity contribution is -0.161. The highest BCUT2D eigenvalue weighted by Crippen LogP contribution is 2.45. The predicted octanol–water partition coefficient (Wildman–Crippen LogP) is 24.8. The number of esters is 4. The van der Waals surface area contributed by atoms with Crippen LogP contribution in [-0.2, 0) is 65.4 Å². The molecule has 0 aliphatic rings. The topological polar surface area (TPSA) is 237 Å². The van der Waals surface area contributed by atoms with Crippen molar-refractivity contribution in [2.24, 2.45) is 0 Å². The summed E-state index contributed by atoms with van der Waals surface area (Å²) in [4.78, 5) is 73.1. The first-order valence-electron chi connectivity index (χ1n) is 42.2. The number of unbranched alkanes of at least 4 members (excludes halogenated alkanes) is 42. The molecule has 0 aliphatic heterocycles. The van der Waals surface area contributed by atoms with Gasteiger partial charge in [0.15, 0.2) is 12.2 Å². The Morgan fingerprint density at radius 1 is 0.269 bits per heavy atom. The van der Waals surface area contributed by atoms with Crippen molar-refractivity contribution in [2.45, 2.75) is 406 Å². The number of rotatable bonds is 80. The van der Waals surface area contributed by atoms with Crippen LogP contribution in [0.1, 0.15) is 387 Å². The van der Waals surface area contributed by atoms with E-state index >= 15 is 0 Å². The largest absolute Gasteiger partial charge is 0.472 e. The second-order valence-electron chi connectivity index (χ2n) is 28.4. The molecule has 0 aromatic rings. The maximum absolute atomic E-state index is 13.1. The smallest absolute Gasteiger partial charge is 0.462 e. The molecule has 2 unspecified atom stereocenters. The molecule has 3 N–H and O–H groups in total. The lowest BCUT2D eigenvalue weighted by Crippen LogP contribution is -2.30. The predicted molar refractivity (Wildman–Crippen MR) is 427 cm³/mol. The van der Waals surface area contributed by atoms with Gasteiger partial charge in [-0.25, -0.2) is 9.13 Å². The van der Waals surface area contributed by atoms with Gasteiger partial charge >= 0.3 is 39.5 Å². The molecule has 104 heavy (non-hydrogen) atoms. The number of ether oxygens (including phenoxy) is 4. The standard InChI is InChI=1S/C85H154O17P2/c1-5-9-13-17-21-25-29-33-37-39-43-45-49-53-57-61-65-69-82(87)95-75-80(101-84(89)71-67-63-59-55-51-47-41-35-31-27-23-19-15-11-7-3)77-99-103(91,92)97-73-79(86)74-98-104(93,94)100-78-81(102-85(90)72-68-64-60-56-52-48-42-36-32-28-24-20-16-12-8-4)76-96-83(88)70-66-62-58-54-50-46-44-40-38-34-30-26-22-18-14-10-6-2/h21,24-25,28,33,36-37,42-43,45,53,57,79-81,86H,5-20,22-23,26-27,29-32,34-35,38-41,44,46-52,54-56,58-78H2,1-4H3,(H,91,92)(H,93,94)/b25-21-,28-24-,37-33-,42-36-,45-43-,57-53-/t79-,80-,81-/m1/s1. The number of hydrogen-bond donors (Lipinski definition) is 3. The van der Waals surface area contributed by atoms with Gasteiger partial charge in [0.05, 0.1) is 26.4 Å². The lowest BCUT2D eigenvalue weighted by Gasteiger charge is -2.21. The monoisotopic (exact) mass is 1510 g/mol. The summed E-state index contributed by atoms with van der Waals surface area (Å²) in [5, 5.41) is 10.7. The summed E-state index contributed by atoms with van der Waals surface area (Å²) in [7, 11) is -9.96. The van der Waals surface area contributed by atoms with E-state index in [-0.39, 0.29) is 25.7 Å². The van der Waals surface area contributed by atoms with Crippen molar-refractivity contribution in [2.75, 3.05) is 39.6 Å². The van der Waals surface area contributed by atoms with Gasteiger partial charge in [0.1, 0.15) is 19.3 Å². The van der Waals surface area contributed by atoms with Crippen molar-refractivity contribution in [3.63, 3.8) is 0 Å². The highest BCUT2D eigenvalue weighted by atomic mass is 31.2. The Hall–Kier alpha value is -3.50. The molecule has 0 aromatic heterocycles. The third kappa shape index (κ3) is 76.7. The van der Waals surface area contributed by atoms with Crippen molar-refractivity contribution < 1.29 is 80.2 Å². The second kappa shape index (κ2) is 77.7. The van der Waals surface area contributed by atoms with E-state index in [2.05, 4.69) is 88.5 Å². The molecule has 0 spiro atoms. The van der Waals surface area contributed by atoms with Crippen molar-refractivity contribution in [1.29, 1.82) is 0 Å². The van der Waals surface area contributed by atoms with E-state index in [1.807, 2.05) is 12.2 Å². The Morgan fingerprint density at radius 3 is 0.779 bits per heavy atom. The molecule has 0 bridgehead atoms. The van der Waals surface area contributed by atoms with Crippen LogP contribution in [0.2, 0.25) is 0 Å². The SMILES string of the molecule is CCCCC/C=C\C/C=C\C/C=C\C/C=C\CCCC(=O)OC[C@H](COP(=O)(O)OC[C@@H](O)COP(=O)(O)OC[C@@H](COC(=O)CCCCCCCCCCCCCCCCCCC)OC(=O)CCCCCCC/C=C\C/C=C\CCCCC)OC(=O)CCCCCCCCCCCCCCCCC. The summed E-state index contributed by atoms with van der Waals surface area (Å²) in [5.41, 5.74) is 0. The van der Waals surface area contributed by atoms with Crippen LogP contribution < -0.4 is 0 Å². The van der Waals surface area contributed by atoms with Gasteiger partial charge in [0.25, 0.3) is 0 Å². The summed E-state index contributed by atoms with van der Waals surface area (Å²) in [6.07, 6.45) is 80.1. The van der Waals surface area contributed by atoms with E-state index in [0.717, 1.165) is 116 Å². The van der Waals surface area contributed by atoms with Crippen LogP contribution in [0.5, 0.6) is 0 Å². The molecule has 606 valence electrons. The first kappa shape index (κ1) is 100. The fraction of sp³-hybridized carbons (Fsp3) is 0.812. The molecule has 0 saturated heterocycles. The Labute approximate surface area is 634 Å². The molecule has 17 nitrogen and oxygen atoms in total. The summed E-state index contributed by atoms with van der Waals surface area (Å²) < 4.78 is 68.7. The molecule has 0 aliphatic carbocycles. The molecular formula is C85H154O17P2. The van der Waals surface area contributed by atoms with Gasteiger partial charge < -0.3 is 33.8 Å². The molecule has 5 atom stereocenters. The Morgan fingerprint density at radius 2 is 0.481 bits per heavy atom. The van der Waals surface area contributed by atoms with Gasteiger partial charge in [-0.3, -0.25) is 37.3 Å². The Balaban J connectivity index is 5.37. The molecular weight excluding hydrogens is 1350 g/mol. The fourth-order valence-corrected chi connectivity index (χ4v) is 13.3. The first-order chi connectivity index (χ1) is 50.7. The number of phosphoric acid groups is 2. The molecule has 0 aromatic carbocycles. The molecule has 0 rings (SSSR count). The van der Waals surface area contributed by atoms with E-state index in [0.29, 0.717) is 32.1 Å². The van der Waals surface area contributed by atoms with Gasteiger partial charge in [0, 0.05) is 25.7 Å². The zero-order valence-electron chi connectivity index (χ0n) is 66.5. The third-order valence-corrected chi connectivity index (χ3v) is 20.1. The average molecular weight is 1510 g/mol. The molecule has 19 heteroatoms. The van der Waals surface area contributed by atoms with Crippen LogP contribution in [0.4, 0.5) is 0 Å². The van der Waals surface area contributed by atoms with Crippen LogP contribution in [-0.4, -0.2) is 96.7 Å². The number of carbonyl (C=O) groups is 4. The summed E-state index contributed by atoms with van der Waals surface area (Å²) in [6, 6.07) is 0. The minimum absolute atomic E-state index is 0.0826. The zero-order chi connectivity index (χ0) is 76.0. The Bertz CT molecular complexity index is 2250. The molecule has 0 radical (unpaired) electrons. The zero-order valence-corrected chi connectivity index (χ0v) is 68.2. The highest BCUT2D eigenvalue weighted by molar-refractivity contribution is 7.47. The minimum Gasteiger partial charge on any atom is -0.462 e. The number of carbonyl (C=O) groups excluding carboxylic acids is 4. The maximum Gasteiger partial charge on any atom is 0.472 e. The lowest BCUT2D eigenvalue weighted by atomic mass is 10.0. The molecule has 0 amide bonds. The summed E-state index contributed by atoms with van der Waals surface area (Å²) >= 11 is 0. The van der Waals surface area contributed by atoms with E-state index in [1.54, 1.807) is 0 Å². The van der Waals surface area contributed by atoms with Crippen LogP contribution >= 0.6 is 15.6 Å². The van der Waals surface area contributed by atoms with Crippen molar-refractivity contribution in [3.05, 3.63) is 72.9 Å². The number of aliphatic hydroxyl groups excluding tert-OH is 1. The van der Waals surface area contributed by atoms with E-state index in [9.17, 15) is 43.2 Å². The Kier molecular flexibility index (Phi) is 75.0. The number of phosphoric ester groups is 2. The van der Waals surface area contributed by atoms with Gasteiger partial charge in [-0.05, 0) is 96.3 Å². The van der Waals surface area contributed by atoms with Crippen LogP contribution in [0, 0.1) is 0 Å².